The van der Waals surface area contributed by atoms with Crippen molar-refractivity contribution in [3.63, 3.8) is 0 Å². The lowest BCUT2D eigenvalue weighted by Crippen LogP contribution is -2.23. The van der Waals surface area contributed by atoms with Crippen LogP contribution < -0.4 is 0 Å². The second kappa shape index (κ2) is 5.58. The average Bonchev–Trinajstić information content (AvgIpc) is 2.40. The van der Waals surface area contributed by atoms with Crippen LogP contribution in [0.4, 0.5) is 0 Å². The van der Waals surface area contributed by atoms with Gasteiger partial charge in [-0.05, 0) is 42.7 Å². The number of rotatable bonds is 3. The highest BCUT2D eigenvalue weighted by Gasteiger charge is 2.29. The molecule has 1 aromatic heterocycles. The zero-order valence-electron chi connectivity index (χ0n) is 10.3. The number of hydrogen-bond donors (Lipinski definition) is 0. The fraction of sp³-hybridized carbons (Fsp3) is 0.357. The number of ether oxygens (including phenoxy) is 1. The molecule has 0 N–H and O–H groups in total. The van der Waals surface area contributed by atoms with Crippen LogP contribution in [0.2, 0.25) is 0 Å². The van der Waals surface area contributed by atoms with E-state index < -0.39 is 0 Å². The van der Waals surface area contributed by atoms with E-state index >= 15 is 0 Å². The van der Waals surface area contributed by atoms with Crippen molar-refractivity contribution in [1.29, 1.82) is 0 Å². The van der Waals surface area contributed by atoms with Crippen molar-refractivity contribution >= 4 is 17.3 Å². The Morgan fingerprint density at radius 2 is 2.17 bits per heavy atom. The van der Waals surface area contributed by atoms with Gasteiger partial charge in [0.2, 0.25) is 0 Å². The van der Waals surface area contributed by atoms with E-state index in [9.17, 15) is 9.59 Å². The Morgan fingerprint density at radius 1 is 1.44 bits per heavy atom. The quantitative estimate of drug-likeness (QED) is 0.764. The van der Waals surface area contributed by atoms with Crippen LogP contribution in [0.3, 0.4) is 0 Å². The van der Waals surface area contributed by atoms with Gasteiger partial charge in [-0.25, -0.2) is 0 Å². The van der Waals surface area contributed by atoms with Gasteiger partial charge in [0.15, 0.2) is 5.78 Å². The summed E-state index contributed by atoms with van der Waals surface area (Å²) in [5.74, 6) is -0.541. The fourth-order valence-electron chi connectivity index (χ4n) is 2.10. The maximum Gasteiger partial charge on any atom is 0.313 e. The summed E-state index contributed by atoms with van der Waals surface area (Å²) < 4.78 is 5.06. The van der Waals surface area contributed by atoms with Crippen LogP contribution in [0, 0.1) is 5.92 Å². The number of nitrogens with zero attached hydrogens (tertiary/aromatic N) is 1. The molecule has 2 rings (SSSR count). The highest BCUT2D eigenvalue weighted by molar-refractivity contribution is 6.03. The predicted octanol–water partition coefficient (Wildman–Crippen LogP) is 2.01. The number of carbonyl (C=O) groups excluding carboxylic acids is 2. The molecule has 1 heterocycles. The van der Waals surface area contributed by atoms with E-state index in [0.717, 1.165) is 11.1 Å². The van der Waals surface area contributed by atoms with Crippen molar-refractivity contribution in [2.45, 2.75) is 19.8 Å². The number of allylic oxidation sites excluding steroid dienone is 1. The predicted molar refractivity (Wildman–Crippen MR) is 66.6 cm³/mol. The monoisotopic (exact) mass is 245 g/mol. The lowest BCUT2D eigenvalue weighted by Gasteiger charge is -2.22. The number of aromatic nitrogens is 1. The molecule has 18 heavy (non-hydrogen) atoms. The highest BCUT2D eigenvalue weighted by atomic mass is 16.5. The molecular formula is C14H15NO3. The molecule has 0 amide bonds. The molecular weight excluding hydrogens is 230 g/mol. The summed E-state index contributed by atoms with van der Waals surface area (Å²) >= 11 is 0. The zero-order valence-corrected chi connectivity index (χ0v) is 10.3. The molecule has 0 aliphatic heterocycles. The molecule has 4 heteroatoms. The first-order valence-electron chi connectivity index (χ1n) is 6.04. The van der Waals surface area contributed by atoms with Gasteiger partial charge >= 0.3 is 5.97 Å². The van der Waals surface area contributed by atoms with Gasteiger partial charge < -0.3 is 4.74 Å². The van der Waals surface area contributed by atoms with E-state index in [4.69, 9.17) is 4.74 Å². The molecule has 4 nitrogen and oxygen atoms in total. The van der Waals surface area contributed by atoms with Gasteiger partial charge in [-0.3, -0.25) is 14.6 Å². The second-order valence-electron chi connectivity index (χ2n) is 4.15. The standard InChI is InChI=1S/C14H15NO3/c1-2-18-14(17)12-4-3-11(16)9-13(12)10-5-7-15-8-6-10/h5-9,12H,2-4H2,1H3. The summed E-state index contributed by atoms with van der Waals surface area (Å²) in [4.78, 5) is 27.4. The van der Waals surface area contributed by atoms with E-state index in [1.165, 1.54) is 0 Å². The SMILES string of the molecule is CCOC(=O)C1CCC(=O)C=C1c1ccncc1. The van der Waals surface area contributed by atoms with Crippen molar-refractivity contribution < 1.29 is 14.3 Å². The van der Waals surface area contributed by atoms with Gasteiger partial charge in [-0.2, -0.15) is 0 Å². The molecule has 0 spiro atoms. The molecule has 0 aromatic carbocycles. The summed E-state index contributed by atoms with van der Waals surface area (Å²) in [6, 6.07) is 3.60. The lowest BCUT2D eigenvalue weighted by atomic mass is 9.83. The Bertz CT molecular complexity index is 479. The molecule has 0 saturated carbocycles. The van der Waals surface area contributed by atoms with Gasteiger partial charge in [0.1, 0.15) is 0 Å². The molecule has 0 saturated heterocycles. The van der Waals surface area contributed by atoms with E-state index in [1.54, 1.807) is 37.5 Å². The molecule has 1 atom stereocenters. The Morgan fingerprint density at radius 3 is 2.83 bits per heavy atom. The second-order valence-corrected chi connectivity index (χ2v) is 4.15. The van der Waals surface area contributed by atoms with Crippen LogP contribution in [0.5, 0.6) is 0 Å². The molecule has 1 aromatic rings. The van der Waals surface area contributed by atoms with Crippen molar-refractivity contribution in [2.24, 2.45) is 5.92 Å². The van der Waals surface area contributed by atoms with Gasteiger partial charge in [0.05, 0.1) is 12.5 Å². The first-order chi connectivity index (χ1) is 8.72. The Balaban J connectivity index is 2.32. The van der Waals surface area contributed by atoms with Crippen LogP contribution in [0.1, 0.15) is 25.3 Å². The van der Waals surface area contributed by atoms with Crippen molar-refractivity contribution in [3.8, 4) is 0 Å². The van der Waals surface area contributed by atoms with E-state index in [1.807, 2.05) is 0 Å². The van der Waals surface area contributed by atoms with Crippen LogP contribution >= 0.6 is 0 Å². The fourth-order valence-corrected chi connectivity index (χ4v) is 2.10. The molecule has 0 radical (unpaired) electrons. The van der Waals surface area contributed by atoms with E-state index in [0.29, 0.717) is 19.4 Å². The number of hydrogen-bond acceptors (Lipinski definition) is 4. The van der Waals surface area contributed by atoms with Crippen molar-refractivity contribution in [1.82, 2.24) is 4.98 Å². The van der Waals surface area contributed by atoms with Crippen molar-refractivity contribution in [3.05, 3.63) is 36.2 Å². The highest BCUT2D eigenvalue weighted by Crippen LogP contribution is 2.31. The Hall–Kier alpha value is -1.97. The normalized spacial score (nSPS) is 19.3. The summed E-state index contributed by atoms with van der Waals surface area (Å²) in [6.07, 6.45) is 5.78. The molecule has 94 valence electrons. The number of carbonyl (C=O) groups is 2. The summed E-state index contributed by atoms with van der Waals surface area (Å²) in [5, 5.41) is 0. The topological polar surface area (TPSA) is 56.3 Å². The lowest BCUT2D eigenvalue weighted by molar-refractivity contribution is -0.146. The van der Waals surface area contributed by atoms with Gasteiger partial charge in [-0.1, -0.05) is 0 Å². The number of ketones is 1. The maximum absolute atomic E-state index is 11.9. The first kappa shape index (κ1) is 12.5. The zero-order chi connectivity index (χ0) is 13.0. The smallest absolute Gasteiger partial charge is 0.313 e. The molecule has 0 fully saturated rings. The minimum Gasteiger partial charge on any atom is -0.466 e. The average molecular weight is 245 g/mol. The maximum atomic E-state index is 11.9. The van der Waals surface area contributed by atoms with Gasteiger partial charge in [0, 0.05) is 18.8 Å². The summed E-state index contributed by atoms with van der Waals surface area (Å²) in [7, 11) is 0. The number of esters is 1. The van der Waals surface area contributed by atoms with E-state index in [2.05, 4.69) is 4.98 Å². The minimum absolute atomic E-state index is 0.0577. The van der Waals surface area contributed by atoms with Gasteiger partial charge in [0.25, 0.3) is 0 Å². The number of pyridine rings is 1. The molecule has 1 aliphatic rings. The third kappa shape index (κ3) is 2.64. The first-order valence-corrected chi connectivity index (χ1v) is 6.04. The van der Waals surface area contributed by atoms with Crippen molar-refractivity contribution in [2.75, 3.05) is 6.61 Å². The van der Waals surface area contributed by atoms with Gasteiger partial charge in [-0.15, -0.1) is 0 Å². The minimum atomic E-state index is -0.343. The van der Waals surface area contributed by atoms with Crippen LogP contribution in [0.25, 0.3) is 5.57 Å². The Kier molecular flexibility index (Phi) is 3.87. The van der Waals surface area contributed by atoms with Crippen LogP contribution in [0.15, 0.2) is 30.6 Å². The molecule has 1 aliphatic carbocycles. The van der Waals surface area contributed by atoms with Crippen LogP contribution in [-0.2, 0) is 14.3 Å². The summed E-state index contributed by atoms with van der Waals surface area (Å²) in [5.41, 5.74) is 1.60. The third-order valence-corrected chi connectivity index (χ3v) is 2.96. The summed E-state index contributed by atoms with van der Waals surface area (Å²) in [6.45, 7) is 2.13. The van der Waals surface area contributed by atoms with Crippen LogP contribution in [-0.4, -0.2) is 23.3 Å². The third-order valence-electron chi connectivity index (χ3n) is 2.96. The molecule has 1 unspecified atom stereocenters. The van der Waals surface area contributed by atoms with E-state index in [-0.39, 0.29) is 17.7 Å². The molecule has 0 bridgehead atoms. The largest absolute Gasteiger partial charge is 0.466 e. The Labute approximate surface area is 106 Å².